The molecular weight excluding hydrogens is 550 g/mol. The first kappa shape index (κ1) is 30.5. The summed E-state index contributed by atoms with van der Waals surface area (Å²) in [5, 5.41) is 17.9. The van der Waals surface area contributed by atoms with Gasteiger partial charge in [-0.15, -0.1) is 0 Å². The van der Waals surface area contributed by atoms with E-state index in [4.69, 9.17) is 9.47 Å². The maximum Gasteiger partial charge on any atom is 0.341 e. The highest BCUT2D eigenvalue weighted by atomic mass is 19.2. The van der Waals surface area contributed by atoms with Gasteiger partial charge >= 0.3 is 12.0 Å². The lowest BCUT2D eigenvalue weighted by Crippen LogP contribution is -2.58. The monoisotopic (exact) mass is 582 g/mol. The highest BCUT2D eigenvalue weighted by Crippen LogP contribution is 2.38. The topological polar surface area (TPSA) is 137 Å². The van der Waals surface area contributed by atoms with Crippen molar-refractivity contribution in [3.63, 3.8) is 0 Å². The molecule has 11 nitrogen and oxygen atoms in total. The molecule has 2 heterocycles. The molecule has 222 valence electrons. The van der Waals surface area contributed by atoms with Crippen LogP contribution in [0.25, 0.3) is 0 Å². The van der Waals surface area contributed by atoms with E-state index in [1.165, 1.54) is 13.2 Å². The van der Waals surface area contributed by atoms with E-state index in [0.29, 0.717) is 32.1 Å². The number of pyridine rings is 1. The smallest absolute Gasteiger partial charge is 0.341 e. The Morgan fingerprint density at radius 1 is 1.26 bits per heavy atom. The minimum absolute atomic E-state index is 0.00525. The van der Waals surface area contributed by atoms with Crippen molar-refractivity contribution in [1.82, 2.24) is 25.6 Å². The van der Waals surface area contributed by atoms with E-state index in [9.17, 15) is 28.4 Å². The van der Waals surface area contributed by atoms with Gasteiger partial charge in [-0.1, -0.05) is 12.1 Å². The van der Waals surface area contributed by atoms with E-state index in [1.54, 1.807) is 6.20 Å². The molecule has 13 heteroatoms. The van der Waals surface area contributed by atoms with Gasteiger partial charge < -0.3 is 20.1 Å². The molecule has 42 heavy (non-hydrogen) atoms. The minimum atomic E-state index is -1.32. The Hall–Kier alpha value is -4.41. The lowest BCUT2D eigenvalue weighted by atomic mass is 9.71. The Morgan fingerprint density at radius 3 is 2.62 bits per heavy atom. The summed E-state index contributed by atoms with van der Waals surface area (Å²) < 4.78 is 38.2. The van der Waals surface area contributed by atoms with Crippen molar-refractivity contribution in [2.45, 2.75) is 43.2 Å². The molecular formula is C29H32F2N6O5. The Bertz CT molecular complexity index is 1370. The Kier molecular flexibility index (Phi) is 9.82. The van der Waals surface area contributed by atoms with Gasteiger partial charge in [0.15, 0.2) is 11.6 Å². The van der Waals surface area contributed by atoms with Gasteiger partial charge in [-0.2, -0.15) is 5.26 Å². The number of hydrazine groups is 1. The van der Waals surface area contributed by atoms with Crippen LogP contribution < -0.4 is 10.6 Å². The van der Waals surface area contributed by atoms with Gasteiger partial charge in [-0.3, -0.25) is 14.8 Å². The van der Waals surface area contributed by atoms with E-state index < -0.39 is 35.1 Å². The number of nitrogens with zero attached hydrogens (tertiary/aromatic N) is 4. The third-order valence-electron chi connectivity index (χ3n) is 7.64. The number of nitrogens with one attached hydrogen (secondary N) is 2. The van der Waals surface area contributed by atoms with Gasteiger partial charge in [0.1, 0.15) is 6.04 Å². The number of halogens is 2. The van der Waals surface area contributed by atoms with E-state index in [0.717, 1.165) is 35.0 Å². The molecule has 1 aromatic heterocycles. The molecule has 0 spiro atoms. The van der Waals surface area contributed by atoms with E-state index in [-0.39, 0.29) is 42.6 Å². The molecule has 1 atom stereocenters. The van der Waals surface area contributed by atoms with Crippen molar-refractivity contribution in [2.24, 2.45) is 0 Å². The van der Waals surface area contributed by atoms with Gasteiger partial charge in [0, 0.05) is 25.9 Å². The highest BCUT2D eigenvalue weighted by molar-refractivity contribution is 5.95. The zero-order valence-electron chi connectivity index (χ0n) is 23.3. The predicted octanol–water partition coefficient (Wildman–Crippen LogP) is 2.87. The summed E-state index contributed by atoms with van der Waals surface area (Å²) in [6, 6.07) is 8.92. The number of ether oxygens (including phenoxy) is 2. The van der Waals surface area contributed by atoms with Crippen LogP contribution in [-0.2, 0) is 24.5 Å². The number of hydrogen-bond acceptors (Lipinski definition) is 8. The van der Waals surface area contributed by atoms with Crippen molar-refractivity contribution < 1.29 is 32.6 Å². The zero-order chi connectivity index (χ0) is 30.3. The molecule has 1 aromatic carbocycles. The van der Waals surface area contributed by atoms with Crippen LogP contribution in [0, 0.1) is 23.0 Å². The van der Waals surface area contributed by atoms with Crippen LogP contribution in [0.4, 0.5) is 13.6 Å². The fraction of sp³-hybridized carbons (Fsp3) is 0.414. The quantitative estimate of drug-likeness (QED) is 0.305. The summed E-state index contributed by atoms with van der Waals surface area (Å²) in [5.41, 5.74) is 0.112. The van der Waals surface area contributed by atoms with Crippen LogP contribution in [0.5, 0.6) is 0 Å². The largest absolute Gasteiger partial charge is 0.466 e. The second-order valence-electron chi connectivity index (χ2n) is 10.1. The van der Waals surface area contributed by atoms with Crippen LogP contribution in [-0.4, -0.2) is 73.4 Å². The van der Waals surface area contributed by atoms with Crippen molar-refractivity contribution in [1.29, 1.82) is 5.26 Å². The fourth-order valence-electron chi connectivity index (χ4n) is 5.50. The molecule has 2 aromatic rings. The molecule has 1 saturated carbocycles. The standard InChI is InChI=1S/C29H32F2N6O5/c1-41-16-23-25(27(39)42-2)26(19-6-7-21(30)22(31)15-19)37(28(40)35-23)36(18-38)14-13-33-20-8-10-29(17-32,11-9-20)24-5-3-4-12-34-24/h3-7,12,15,18,20,26,33H,8-11,13-14,16H2,1-2H3,(H,35,40). The minimum Gasteiger partial charge on any atom is -0.466 e. The van der Waals surface area contributed by atoms with Crippen molar-refractivity contribution in [2.75, 3.05) is 33.9 Å². The highest BCUT2D eigenvalue weighted by Gasteiger charge is 2.43. The maximum absolute atomic E-state index is 14.3. The Balaban J connectivity index is 1.53. The lowest BCUT2D eigenvalue weighted by Gasteiger charge is -2.42. The van der Waals surface area contributed by atoms with E-state index in [2.05, 4.69) is 21.7 Å². The average molecular weight is 583 g/mol. The van der Waals surface area contributed by atoms with Gasteiger partial charge in [0.2, 0.25) is 6.41 Å². The van der Waals surface area contributed by atoms with Crippen molar-refractivity contribution in [3.05, 3.63) is 76.8 Å². The number of methoxy groups -OCH3 is 2. The SMILES string of the molecule is COCC1=C(C(=O)OC)C(c2ccc(F)c(F)c2)N(N(C=O)CCNC2CCC(C#N)(c3ccccn3)CC2)C(=O)N1. The summed E-state index contributed by atoms with van der Waals surface area (Å²) in [6.07, 6.45) is 4.71. The second kappa shape index (κ2) is 13.5. The molecule has 1 aliphatic heterocycles. The number of carbonyl (C=O) groups is 3. The summed E-state index contributed by atoms with van der Waals surface area (Å²) in [5.74, 6) is -3.15. The normalized spacial score (nSPS) is 22.3. The summed E-state index contributed by atoms with van der Waals surface area (Å²) in [6.45, 7) is 0.0888. The molecule has 1 fully saturated rings. The van der Waals surface area contributed by atoms with Gasteiger partial charge in [0.05, 0.1) is 48.7 Å². The molecule has 2 aliphatic rings. The van der Waals surface area contributed by atoms with Crippen LogP contribution in [0.2, 0.25) is 0 Å². The number of benzene rings is 1. The number of esters is 1. The number of urea groups is 1. The van der Waals surface area contributed by atoms with Crippen molar-refractivity contribution in [3.8, 4) is 6.07 Å². The summed E-state index contributed by atoms with van der Waals surface area (Å²) in [7, 11) is 2.50. The first-order valence-corrected chi connectivity index (χ1v) is 13.4. The zero-order valence-corrected chi connectivity index (χ0v) is 23.3. The number of nitriles is 1. The summed E-state index contributed by atoms with van der Waals surface area (Å²) >= 11 is 0. The molecule has 0 radical (unpaired) electrons. The molecule has 1 aliphatic carbocycles. The molecule has 4 rings (SSSR count). The van der Waals surface area contributed by atoms with E-state index in [1.807, 2.05) is 18.2 Å². The van der Waals surface area contributed by atoms with Crippen LogP contribution in [0.3, 0.4) is 0 Å². The molecule has 2 N–H and O–H groups in total. The molecule has 3 amide bonds. The van der Waals surface area contributed by atoms with E-state index >= 15 is 0 Å². The maximum atomic E-state index is 14.3. The Labute approximate surface area is 242 Å². The predicted molar refractivity (Wildman–Crippen MR) is 145 cm³/mol. The average Bonchev–Trinajstić information content (AvgIpc) is 3.01. The van der Waals surface area contributed by atoms with Gasteiger partial charge in [-0.25, -0.2) is 23.4 Å². The number of rotatable bonds is 11. The third kappa shape index (κ3) is 6.24. The molecule has 1 unspecified atom stereocenters. The summed E-state index contributed by atoms with van der Waals surface area (Å²) in [4.78, 5) is 42.9. The first-order chi connectivity index (χ1) is 20.3. The molecule has 0 saturated heterocycles. The number of hydrogen-bond donors (Lipinski definition) is 2. The van der Waals surface area contributed by atoms with Crippen LogP contribution >= 0.6 is 0 Å². The number of amides is 3. The Morgan fingerprint density at radius 2 is 2.02 bits per heavy atom. The van der Waals surface area contributed by atoms with Gasteiger partial charge in [0.25, 0.3) is 0 Å². The fourth-order valence-corrected chi connectivity index (χ4v) is 5.50. The second-order valence-corrected chi connectivity index (χ2v) is 10.1. The number of aromatic nitrogens is 1. The molecule has 0 bridgehead atoms. The van der Waals surface area contributed by atoms with Crippen LogP contribution in [0.15, 0.2) is 53.9 Å². The number of carbonyl (C=O) groups excluding carboxylic acids is 3. The third-order valence-corrected chi connectivity index (χ3v) is 7.64. The van der Waals surface area contributed by atoms with Gasteiger partial charge in [-0.05, 0) is 55.5 Å². The first-order valence-electron chi connectivity index (χ1n) is 13.4. The van der Waals surface area contributed by atoms with Crippen molar-refractivity contribution >= 4 is 18.4 Å². The van der Waals surface area contributed by atoms with Crippen LogP contribution in [0.1, 0.15) is 43.0 Å². The lowest BCUT2D eigenvalue weighted by molar-refractivity contribution is -0.141.